The molecule has 0 amide bonds. The first-order valence-electron chi connectivity index (χ1n) is 8.35. The zero-order valence-corrected chi connectivity index (χ0v) is 13.2. The van der Waals surface area contributed by atoms with E-state index in [0.29, 0.717) is 6.04 Å². The average molecular weight is 267 g/mol. The number of likely N-dealkylation sites (tertiary alicyclic amines) is 2. The Labute approximate surface area is 119 Å². The molecule has 1 N–H and O–H groups in total. The maximum atomic E-state index is 3.37. The summed E-state index contributed by atoms with van der Waals surface area (Å²) in [6.45, 7) is 11.2. The van der Waals surface area contributed by atoms with Gasteiger partial charge >= 0.3 is 0 Å². The number of hydrogen-bond donors (Lipinski definition) is 1. The zero-order valence-electron chi connectivity index (χ0n) is 13.2. The van der Waals surface area contributed by atoms with Crippen LogP contribution in [-0.2, 0) is 0 Å². The predicted molar refractivity (Wildman–Crippen MR) is 82.6 cm³/mol. The summed E-state index contributed by atoms with van der Waals surface area (Å²) in [5.74, 6) is 0.749. The van der Waals surface area contributed by atoms with E-state index >= 15 is 0 Å². The average Bonchev–Trinajstić information content (AvgIpc) is 2.46. The third-order valence-electron chi connectivity index (χ3n) is 5.06. The lowest BCUT2D eigenvalue weighted by Gasteiger charge is -2.43. The van der Waals surface area contributed by atoms with Crippen LogP contribution in [0.1, 0.15) is 46.0 Å². The van der Waals surface area contributed by atoms with E-state index in [9.17, 15) is 0 Å². The van der Waals surface area contributed by atoms with Gasteiger partial charge in [-0.05, 0) is 64.8 Å². The molecule has 112 valence electrons. The molecule has 0 bridgehead atoms. The van der Waals surface area contributed by atoms with Crippen molar-refractivity contribution in [1.29, 1.82) is 0 Å². The second-order valence-electron chi connectivity index (χ2n) is 6.73. The minimum absolute atomic E-state index is 0.715. The van der Waals surface area contributed by atoms with Crippen molar-refractivity contribution in [3.63, 3.8) is 0 Å². The van der Waals surface area contributed by atoms with Gasteiger partial charge in [0.25, 0.3) is 0 Å². The molecule has 0 spiro atoms. The van der Waals surface area contributed by atoms with E-state index in [4.69, 9.17) is 0 Å². The Hall–Kier alpha value is -0.120. The second-order valence-corrected chi connectivity index (χ2v) is 6.73. The van der Waals surface area contributed by atoms with Crippen LogP contribution in [0.5, 0.6) is 0 Å². The van der Waals surface area contributed by atoms with Crippen LogP contribution in [0.3, 0.4) is 0 Å². The highest BCUT2D eigenvalue weighted by Crippen LogP contribution is 2.23. The quantitative estimate of drug-likeness (QED) is 0.824. The van der Waals surface area contributed by atoms with Gasteiger partial charge in [0.15, 0.2) is 0 Å². The third kappa shape index (κ3) is 4.17. The molecule has 0 aromatic heterocycles. The van der Waals surface area contributed by atoms with E-state index in [0.717, 1.165) is 18.5 Å². The molecule has 2 aliphatic heterocycles. The van der Waals surface area contributed by atoms with Gasteiger partial charge in [-0.25, -0.2) is 0 Å². The summed E-state index contributed by atoms with van der Waals surface area (Å²) in [6.07, 6.45) is 7.07. The van der Waals surface area contributed by atoms with Gasteiger partial charge in [-0.1, -0.05) is 20.3 Å². The zero-order chi connectivity index (χ0) is 13.7. The Morgan fingerprint density at radius 1 is 1.00 bits per heavy atom. The molecule has 0 aromatic rings. The Morgan fingerprint density at radius 3 is 2.16 bits per heavy atom. The van der Waals surface area contributed by atoms with Crippen molar-refractivity contribution in [2.75, 3.05) is 39.8 Å². The molecule has 0 aromatic carbocycles. The maximum absolute atomic E-state index is 3.37. The summed E-state index contributed by atoms with van der Waals surface area (Å²) in [5, 5.41) is 3.37. The monoisotopic (exact) mass is 267 g/mol. The van der Waals surface area contributed by atoms with Crippen LogP contribution >= 0.6 is 0 Å². The second kappa shape index (κ2) is 7.61. The molecule has 2 fully saturated rings. The summed E-state index contributed by atoms with van der Waals surface area (Å²) in [6, 6.07) is 1.59. The molecule has 2 saturated heterocycles. The normalized spacial score (nSPS) is 25.9. The van der Waals surface area contributed by atoms with E-state index in [1.165, 1.54) is 58.3 Å². The molecule has 1 unspecified atom stereocenters. The maximum Gasteiger partial charge on any atom is 0.0243 e. The van der Waals surface area contributed by atoms with E-state index in [-0.39, 0.29) is 0 Å². The molecule has 3 nitrogen and oxygen atoms in total. The number of nitrogens with zero attached hydrogens (tertiary/aromatic N) is 2. The SMILES string of the molecule is CNCC(C(C)C)N1CCC(N2CCCCC2)CC1. The van der Waals surface area contributed by atoms with Crippen LogP contribution in [0.4, 0.5) is 0 Å². The highest BCUT2D eigenvalue weighted by atomic mass is 15.2. The van der Waals surface area contributed by atoms with Crippen molar-refractivity contribution in [3.8, 4) is 0 Å². The lowest BCUT2D eigenvalue weighted by Crippen LogP contribution is -2.52. The fourth-order valence-corrected chi connectivity index (χ4v) is 3.86. The van der Waals surface area contributed by atoms with Gasteiger partial charge in [-0.2, -0.15) is 0 Å². The fourth-order valence-electron chi connectivity index (χ4n) is 3.86. The standard InChI is InChI=1S/C16H33N3/c1-14(2)16(13-17-3)19-11-7-15(8-12-19)18-9-5-4-6-10-18/h14-17H,4-13H2,1-3H3. The van der Waals surface area contributed by atoms with E-state index in [2.05, 4.69) is 36.0 Å². The summed E-state index contributed by atoms with van der Waals surface area (Å²) in [5.41, 5.74) is 0. The lowest BCUT2D eigenvalue weighted by atomic mass is 9.95. The van der Waals surface area contributed by atoms with Crippen LogP contribution < -0.4 is 5.32 Å². The molecule has 2 heterocycles. The highest BCUT2D eigenvalue weighted by Gasteiger charge is 2.29. The fraction of sp³-hybridized carbons (Fsp3) is 1.00. The van der Waals surface area contributed by atoms with Gasteiger partial charge in [-0.3, -0.25) is 4.90 Å². The van der Waals surface area contributed by atoms with Crippen molar-refractivity contribution in [3.05, 3.63) is 0 Å². The predicted octanol–water partition coefficient (Wildman–Crippen LogP) is 2.18. The third-order valence-corrected chi connectivity index (χ3v) is 5.06. The molecule has 0 radical (unpaired) electrons. The van der Waals surface area contributed by atoms with E-state index < -0.39 is 0 Å². The number of likely N-dealkylation sites (N-methyl/N-ethyl adjacent to an activating group) is 1. The Morgan fingerprint density at radius 2 is 1.63 bits per heavy atom. The Kier molecular flexibility index (Phi) is 6.11. The van der Waals surface area contributed by atoms with E-state index in [1.807, 2.05) is 0 Å². The minimum Gasteiger partial charge on any atom is -0.318 e. The van der Waals surface area contributed by atoms with Crippen molar-refractivity contribution in [2.45, 2.75) is 58.0 Å². The summed E-state index contributed by atoms with van der Waals surface area (Å²) < 4.78 is 0. The molecule has 19 heavy (non-hydrogen) atoms. The first-order valence-corrected chi connectivity index (χ1v) is 8.35. The molecule has 1 atom stereocenters. The minimum atomic E-state index is 0.715. The number of hydrogen-bond acceptors (Lipinski definition) is 3. The van der Waals surface area contributed by atoms with Crippen molar-refractivity contribution in [1.82, 2.24) is 15.1 Å². The Bertz CT molecular complexity index is 240. The van der Waals surface area contributed by atoms with Gasteiger partial charge in [-0.15, -0.1) is 0 Å². The molecule has 3 heteroatoms. The number of nitrogens with one attached hydrogen (secondary N) is 1. The van der Waals surface area contributed by atoms with Crippen molar-refractivity contribution < 1.29 is 0 Å². The van der Waals surface area contributed by atoms with Crippen LogP contribution in [-0.4, -0.2) is 61.7 Å². The largest absolute Gasteiger partial charge is 0.318 e. The number of rotatable bonds is 5. The number of piperidine rings is 2. The van der Waals surface area contributed by atoms with Gasteiger partial charge in [0, 0.05) is 18.6 Å². The summed E-state index contributed by atoms with van der Waals surface area (Å²) >= 11 is 0. The van der Waals surface area contributed by atoms with Gasteiger partial charge in [0.2, 0.25) is 0 Å². The van der Waals surface area contributed by atoms with Crippen molar-refractivity contribution in [2.24, 2.45) is 5.92 Å². The molecule has 2 rings (SSSR count). The molecule has 0 aliphatic carbocycles. The molecular formula is C16H33N3. The Balaban J connectivity index is 1.80. The van der Waals surface area contributed by atoms with Gasteiger partial charge in [0.05, 0.1) is 0 Å². The van der Waals surface area contributed by atoms with Crippen LogP contribution in [0.2, 0.25) is 0 Å². The van der Waals surface area contributed by atoms with Crippen LogP contribution in [0.15, 0.2) is 0 Å². The van der Waals surface area contributed by atoms with Gasteiger partial charge in [0.1, 0.15) is 0 Å². The van der Waals surface area contributed by atoms with Crippen LogP contribution in [0, 0.1) is 5.92 Å². The van der Waals surface area contributed by atoms with Gasteiger partial charge < -0.3 is 10.2 Å². The topological polar surface area (TPSA) is 18.5 Å². The lowest BCUT2D eigenvalue weighted by molar-refractivity contribution is 0.0599. The van der Waals surface area contributed by atoms with Crippen molar-refractivity contribution >= 4 is 0 Å². The summed E-state index contributed by atoms with van der Waals surface area (Å²) in [7, 11) is 2.08. The molecule has 2 aliphatic rings. The molecular weight excluding hydrogens is 234 g/mol. The highest BCUT2D eigenvalue weighted by molar-refractivity contribution is 4.86. The first kappa shape index (κ1) is 15.3. The first-order chi connectivity index (χ1) is 9.22. The summed E-state index contributed by atoms with van der Waals surface area (Å²) in [4.78, 5) is 5.49. The molecule has 0 saturated carbocycles. The smallest absolute Gasteiger partial charge is 0.0243 e. The van der Waals surface area contributed by atoms with Crippen LogP contribution in [0.25, 0.3) is 0 Å². The van der Waals surface area contributed by atoms with E-state index in [1.54, 1.807) is 0 Å².